The van der Waals surface area contributed by atoms with E-state index in [-0.39, 0.29) is 36.7 Å². The zero-order chi connectivity index (χ0) is 22.4. The van der Waals surface area contributed by atoms with E-state index >= 15 is 0 Å². The lowest BCUT2D eigenvalue weighted by Gasteiger charge is -2.17. The fourth-order valence-electron chi connectivity index (χ4n) is 3.46. The van der Waals surface area contributed by atoms with Crippen molar-refractivity contribution in [1.29, 1.82) is 0 Å². The first-order valence-corrected chi connectivity index (χ1v) is 10.2. The third kappa shape index (κ3) is 5.72. The summed E-state index contributed by atoms with van der Waals surface area (Å²) in [5.41, 5.74) is 3.57. The molecule has 0 aromatic heterocycles. The molecule has 3 amide bonds. The van der Waals surface area contributed by atoms with E-state index < -0.39 is 0 Å². The summed E-state index contributed by atoms with van der Waals surface area (Å²) in [6.07, 6.45) is 1.78. The molecule has 0 radical (unpaired) electrons. The second kappa shape index (κ2) is 9.93. The van der Waals surface area contributed by atoms with Crippen LogP contribution < -0.4 is 20.3 Å². The predicted octanol–water partition coefficient (Wildman–Crippen LogP) is 2.98. The van der Waals surface area contributed by atoms with Crippen LogP contribution in [0.2, 0.25) is 0 Å². The Morgan fingerprint density at radius 1 is 1.19 bits per heavy atom. The van der Waals surface area contributed by atoms with E-state index in [4.69, 9.17) is 4.74 Å². The number of amides is 3. The van der Waals surface area contributed by atoms with Crippen molar-refractivity contribution >= 4 is 29.1 Å². The van der Waals surface area contributed by atoms with Crippen LogP contribution in [0.4, 0.5) is 11.4 Å². The molecular weight excluding hydrogens is 394 g/mol. The van der Waals surface area contributed by atoms with Crippen LogP contribution >= 0.6 is 0 Å². The van der Waals surface area contributed by atoms with Gasteiger partial charge < -0.3 is 20.3 Å². The van der Waals surface area contributed by atoms with Crippen molar-refractivity contribution in [3.8, 4) is 5.75 Å². The molecule has 2 aromatic carbocycles. The molecule has 1 atom stereocenters. The summed E-state index contributed by atoms with van der Waals surface area (Å²) in [6.45, 7) is 8.10. The minimum atomic E-state index is -0.377. The van der Waals surface area contributed by atoms with Gasteiger partial charge in [-0.1, -0.05) is 23.8 Å². The SMILES string of the molecule is C=CCNC(=O)[C@H]1CC(=O)N(c2ccc(OCC(=O)Nc3ccc(C)cc3C)cc2)C1. The van der Waals surface area contributed by atoms with Gasteiger partial charge >= 0.3 is 0 Å². The summed E-state index contributed by atoms with van der Waals surface area (Å²) in [4.78, 5) is 38.2. The lowest BCUT2D eigenvalue weighted by atomic mass is 10.1. The van der Waals surface area contributed by atoms with E-state index in [1.807, 2.05) is 32.0 Å². The minimum absolute atomic E-state index is 0.0970. The first-order valence-electron chi connectivity index (χ1n) is 10.2. The average molecular weight is 421 g/mol. The summed E-state index contributed by atoms with van der Waals surface area (Å²) < 4.78 is 5.56. The number of benzene rings is 2. The van der Waals surface area contributed by atoms with E-state index in [9.17, 15) is 14.4 Å². The van der Waals surface area contributed by atoms with Crippen molar-refractivity contribution < 1.29 is 19.1 Å². The highest BCUT2D eigenvalue weighted by atomic mass is 16.5. The Labute approximate surface area is 182 Å². The molecule has 3 rings (SSSR count). The van der Waals surface area contributed by atoms with E-state index in [0.717, 1.165) is 16.8 Å². The van der Waals surface area contributed by atoms with Crippen LogP contribution in [0.25, 0.3) is 0 Å². The zero-order valence-corrected chi connectivity index (χ0v) is 17.8. The molecule has 0 aliphatic carbocycles. The summed E-state index contributed by atoms with van der Waals surface area (Å²) >= 11 is 0. The van der Waals surface area contributed by atoms with E-state index in [1.165, 1.54) is 0 Å². The number of rotatable bonds is 8. The summed E-state index contributed by atoms with van der Waals surface area (Å²) in [7, 11) is 0. The van der Waals surface area contributed by atoms with Crippen LogP contribution in [0.15, 0.2) is 55.1 Å². The first-order chi connectivity index (χ1) is 14.9. The van der Waals surface area contributed by atoms with Gasteiger partial charge in [-0.15, -0.1) is 6.58 Å². The Hall–Kier alpha value is -3.61. The van der Waals surface area contributed by atoms with Crippen LogP contribution in [0.1, 0.15) is 17.5 Å². The highest BCUT2D eigenvalue weighted by molar-refractivity contribution is 6.00. The maximum absolute atomic E-state index is 12.3. The van der Waals surface area contributed by atoms with Gasteiger partial charge in [-0.25, -0.2) is 0 Å². The average Bonchev–Trinajstić information content (AvgIpc) is 3.14. The molecule has 2 N–H and O–H groups in total. The molecule has 0 bridgehead atoms. The van der Waals surface area contributed by atoms with Gasteiger partial charge in [0.15, 0.2) is 6.61 Å². The highest BCUT2D eigenvalue weighted by Crippen LogP contribution is 2.27. The first kappa shape index (κ1) is 22.1. The van der Waals surface area contributed by atoms with Gasteiger partial charge in [-0.3, -0.25) is 14.4 Å². The van der Waals surface area contributed by atoms with Crippen molar-refractivity contribution in [2.75, 3.05) is 29.9 Å². The third-order valence-electron chi connectivity index (χ3n) is 5.09. The van der Waals surface area contributed by atoms with Crippen molar-refractivity contribution in [2.24, 2.45) is 5.92 Å². The number of anilines is 2. The second-order valence-corrected chi connectivity index (χ2v) is 7.59. The fourth-order valence-corrected chi connectivity index (χ4v) is 3.46. The van der Waals surface area contributed by atoms with Crippen LogP contribution in [-0.4, -0.2) is 37.4 Å². The van der Waals surface area contributed by atoms with Crippen LogP contribution in [0.3, 0.4) is 0 Å². The Morgan fingerprint density at radius 3 is 2.61 bits per heavy atom. The lowest BCUT2D eigenvalue weighted by molar-refractivity contribution is -0.126. The molecule has 1 heterocycles. The van der Waals surface area contributed by atoms with Gasteiger partial charge in [0.25, 0.3) is 5.91 Å². The molecule has 7 nitrogen and oxygen atoms in total. The van der Waals surface area contributed by atoms with Crippen molar-refractivity contribution in [2.45, 2.75) is 20.3 Å². The smallest absolute Gasteiger partial charge is 0.262 e. The van der Waals surface area contributed by atoms with Crippen LogP contribution in [0.5, 0.6) is 5.75 Å². The lowest BCUT2D eigenvalue weighted by Crippen LogP contribution is -2.32. The molecule has 0 unspecified atom stereocenters. The van der Waals surface area contributed by atoms with Gasteiger partial charge in [0.1, 0.15) is 5.75 Å². The summed E-state index contributed by atoms with van der Waals surface area (Å²) in [6, 6.07) is 12.7. The van der Waals surface area contributed by atoms with Gasteiger partial charge in [-0.05, 0) is 49.7 Å². The molecule has 1 aliphatic heterocycles. The molecule has 0 spiro atoms. The third-order valence-corrected chi connectivity index (χ3v) is 5.09. The Morgan fingerprint density at radius 2 is 1.94 bits per heavy atom. The monoisotopic (exact) mass is 421 g/mol. The van der Waals surface area contributed by atoms with Gasteiger partial charge in [0.2, 0.25) is 11.8 Å². The quantitative estimate of drug-likeness (QED) is 0.642. The van der Waals surface area contributed by atoms with Crippen LogP contribution in [-0.2, 0) is 14.4 Å². The van der Waals surface area contributed by atoms with Gasteiger partial charge in [-0.2, -0.15) is 0 Å². The molecule has 162 valence electrons. The number of nitrogens with one attached hydrogen (secondary N) is 2. The van der Waals surface area contributed by atoms with E-state index in [2.05, 4.69) is 17.2 Å². The number of carbonyl (C=O) groups is 3. The number of nitrogens with zero attached hydrogens (tertiary/aromatic N) is 1. The highest BCUT2D eigenvalue weighted by Gasteiger charge is 2.34. The predicted molar refractivity (Wildman–Crippen MR) is 120 cm³/mol. The largest absolute Gasteiger partial charge is 0.484 e. The standard InChI is InChI=1S/C24H27N3O4/c1-4-11-25-24(30)18-13-23(29)27(14-18)19-6-8-20(9-7-19)31-15-22(28)26-21-10-5-16(2)12-17(21)3/h4-10,12,18H,1,11,13-15H2,2-3H3,(H,25,30)(H,26,28)/t18-/m0/s1. The zero-order valence-electron chi connectivity index (χ0n) is 17.8. The number of hydrogen-bond donors (Lipinski definition) is 2. The topological polar surface area (TPSA) is 87.7 Å². The Kier molecular flexibility index (Phi) is 7.07. The molecule has 1 aliphatic rings. The molecular formula is C24H27N3O4. The molecule has 1 fully saturated rings. The molecule has 0 saturated carbocycles. The summed E-state index contributed by atoms with van der Waals surface area (Å²) in [5.74, 6) is -0.353. The number of aryl methyl sites for hydroxylation is 2. The van der Waals surface area contributed by atoms with E-state index in [1.54, 1.807) is 35.2 Å². The molecule has 31 heavy (non-hydrogen) atoms. The Balaban J connectivity index is 1.53. The maximum Gasteiger partial charge on any atom is 0.262 e. The number of carbonyl (C=O) groups excluding carboxylic acids is 3. The van der Waals surface area contributed by atoms with E-state index in [0.29, 0.717) is 24.5 Å². The van der Waals surface area contributed by atoms with Crippen molar-refractivity contribution in [3.05, 3.63) is 66.2 Å². The summed E-state index contributed by atoms with van der Waals surface area (Å²) in [5, 5.41) is 5.57. The van der Waals surface area contributed by atoms with Gasteiger partial charge in [0.05, 0.1) is 5.92 Å². The molecule has 1 saturated heterocycles. The van der Waals surface area contributed by atoms with Gasteiger partial charge in [0, 0.05) is 30.9 Å². The fraction of sp³-hybridized carbons (Fsp3) is 0.292. The molecule has 7 heteroatoms. The van der Waals surface area contributed by atoms with Crippen molar-refractivity contribution in [1.82, 2.24) is 5.32 Å². The molecule has 2 aromatic rings. The number of ether oxygens (including phenoxy) is 1. The normalized spacial score (nSPS) is 15.5. The number of hydrogen-bond acceptors (Lipinski definition) is 4. The van der Waals surface area contributed by atoms with Crippen LogP contribution in [0, 0.1) is 19.8 Å². The second-order valence-electron chi connectivity index (χ2n) is 7.59. The van der Waals surface area contributed by atoms with Crippen molar-refractivity contribution in [3.63, 3.8) is 0 Å². The Bertz CT molecular complexity index is 985. The minimum Gasteiger partial charge on any atom is -0.484 e. The maximum atomic E-state index is 12.3.